The molecule has 0 saturated heterocycles. The van der Waals surface area contributed by atoms with E-state index in [0.29, 0.717) is 12.4 Å². The zero-order valence-electron chi connectivity index (χ0n) is 9.54. The van der Waals surface area contributed by atoms with Crippen LogP contribution in [0, 0.1) is 0 Å². The molecule has 1 aromatic carbocycles. The molecule has 0 aliphatic carbocycles. The van der Waals surface area contributed by atoms with Gasteiger partial charge in [-0.3, -0.25) is 0 Å². The van der Waals surface area contributed by atoms with E-state index >= 15 is 0 Å². The molecule has 0 amide bonds. The molecule has 7 heteroatoms. The lowest BCUT2D eigenvalue weighted by molar-refractivity contribution is 1.07. The summed E-state index contributed by atoms with van der Waals surface area (Å²) in [7, 11) is 0. The fourth-order valence-corrected chi connectivity index (χ4v) is 1.45. The average molecular weight is 288 g/mol. The molecule has 0 fully saturated rings. The number of anilines is 2. The van der Waals surface area contributed by atoms with Crippen molar-refractivity contribution < 1.29 is 0 Å². The summed E-state index contributed by atoms with van der Waals surface area (Å²) in [6.45, 7) is 0.522. The van der Waals surface area contributed by atoms with Crippen LogP contribution >= 0.6 is 24.8 Å². The van der Waals surface area contributed by atoms with E-state index in [-0.39, 0.29) is 30.8 Å². The average Bonchev–Trinajstić information content (AvgIpc) is 2.29. The number of hydrogen-bond donors (Lipinski definition) is 3. The van der Waals surface area contributed by atoms with Gasteiger partial charge >= 0.3 is 0 Å². The Morgan fingerprint density at radius 3 is 2.11 bits per heavy atom. The highest BCUT2D eigenvalue weighted by molar-refractivity contribution is 5.85. The van der Waals surface area contributed by atoms with Crippen LogP contribution in [0.5, 0.6) is 0 Å². The van der Waals surface area contributed by atoms with Crippen molar-refractivity contribution in [3.8, 4) is 11.1 Å². The minimum absolute atomic E-state index is 0. The molecule has 18 heavy (non-hydrogen) atoms. The summed E-state index contributed by atoms with van der Waals surface area (Å²) in [5.41, 5.74) is 19.5. The first-order valence-corrected chi connectivity index (χ1v) is 4.88. The highest BCUT2D eigenvalue weighted by Gasteiger charge is 2.04. The molecule has 0 saturated carbocycles. The smallest absolute Gasteiger partial charge is 0.221 e. The van der Waals surface area contributed by atoms with Gasteiger partial charge in [-0.1, -0.05) is 24.3 Å². The van der Waals surface area contributed by atoms with Gasteiger partial charge < -0.3 is 17.2 Å². The Balaban J connectivity index is 0.00000144. The maximum atomic E-state index is 5.77. The van der Waals surface area contributed by atoms with Crippen LogP contribution in [0.2, 0.25) is 0 Å². The van der Waals surface area contributed by atoms with Crippen LogP contribution in [0.3, 0.4) is 0 Å². The van der Waals surface area contributed by atoms with Crippen LogP contribution < -0.4 is 17.2 Å². The van der Waals surface area contributed by atoms with E-state index in [2.05, 4.69) is 9.97 Å². The zero-order valence-corrected chi connectivity index (χ0v) is 11.2. The second-order valence-corrected chi connectivity index (χ2v) is 3.43. The Morgan fingerprint density at radius 1 is 1.00 bits per heavy atom. The lowest BCUT2D eigenvalue weighted by Crippen LogP contribution is -2.01. The number of halogens is 2. The van der Waals surface area contributed by atoms with Crippen molar-refractivity contribution in [3.63, 3.8) is 0 Å². The summed E-state index contributed by atoms with van der Waals surface area (Å²) in [4.78, 5) is 7.83. The first-order chi connectivity index (χ1) is 7.70. The van der Waals surface area contributed by atoms with Gasteiger partial charge in [-0.05, 0) is 11.1 Å². The number of hydrogen-bond acceptors (Lipinski definition) is 5. The predicted molar refractivity (Wildman–Crippen MR) is 78.7 cm³/mol. The van der Waals surface area contributed by atoms with Gasteiger partial charge in [0.15, 0.2) is 0 Å². The van der Waals surface area contributed by atoms with Crippen LogP contribution in [0.1, 0.15) is 5.56 Å². The molecule has 1 aromatic heterocycles. The Labute approximate surface area is 118 Å². The van der Waals surface area contributed by atoms with Crippen LogP contribution in [-0.2, 0) is 6.54 Å². The third-order valence-corrected chi connectivity index (χ3v) is 2.34. The van der Waals surface area contributed by atoms with Gasteiger partial charge in [-0.25, -0.2) is 4.98 Å². The minimum Gasteiger partial charge on any atom is -0.383 e. The van der Waals surface area contributed by atoms with E-state index in [1.54, 1.807) is 6.20 Å². The summed E-state index contributed by atoms with van der Waals surface area (Å²) in [6, 6.07) is 7.77. The van der Waals surface area contributed by atoms with Gasteiger partial charge in [-0.2, -0.15) is 4.98 Å². The SMILES string of the molecule is Cl.Cl.NCc1ccc(-c2cnc(N)nc2N)cc1. The molecule has 0 aliphatic heterocycles. The molecule has 1 heterocycles. The van der Waals surface area contributed by atoms with Crippen LogP contribution in [0.25, 0.3) is 11.1 Å². The number of nitrogen functional groups attached to an aromatic ring is 2. The third-order valence-electron chi connectivity index (χ3n) is 2.34. The highest BCUT2D eigenvalue weighted by atomic mass is 35.5. The molecule has 2 aromatic rings. The maximum absolute atomic E-state index is 5.77. The first-order valence-electron chi connectivity index (χ1n) is 4.88. The van der Waals surface area contributed by atoms with Crippen LogP contribution in [0.4, 0.5) is 11.8 Å². The Kier molecular flexibility index (Phi) is 6.40. The fraction of sp³-hybridized carbons (Fsp3) is 0.0909. The molecular weight excluding hydrogens is 273 g/mol. The summed E-state index contributed by atoms with van der Waals surface area (Å²) in [5, 5.41) is 0. The standard InChI is InChI=1S/C11H13N5.2ClH/c12-5-7-1-3-8(4-2-7)9-6-15-11(14)16-10(9)13;;/h1-4,6H,5,12H2,(H4,13,14,15,16);2*1H. The summed E-state index contributed by atoms with van der Waals surface area (Å²) in [5.74, 6) is 0.563. The molecule has 0 atom stereocenters. The minimum atomic E-state index is 0. The van der Waals surface area contributed by atoms with Crippen molar-refractivity contribution in [1.29, 1.82) is 0 Å². The second-order valence-electron chi connectivity index (χ2n) is 3.43. The highest BCUT2D eigenvalue weighted by Crippen LogP contribution is 2.24. The van der Waals surface area contributed by atoms with Gasteiger partial charge in [0.2, 0.25) is 5.95 Å². The molecule has 0 unspecified atom stereocenters. The normalized spacial score (nSPS) is 9.17. The van der Waals surface area contributed by atoms with Crippen molar-refractivity contribution in [1.82, 2.24) is 9.97 Å². The number of benzene rings is 1. The summed E-state index contributed by atoms with van der Waals surface area (Å²) in [6.07, 6.45) is 1.62. The van der Waals surface area contributed by atoms with E-state index in [9.17, 15) is 0 Å². The van der Waals surface area contributed by atoms with Crippen molar-refractivity contribution in [2.45, 2.75) is 6.54 Å². The van der Waals surface area contributed by atoms with Gasteiger partial charge in [0, 0.05) is 18.3 Å². The van der Waals surface area contributed by atoms with E-state index in [1.165, 1.54) is 0 Å². The zero-order chi connectivity index (χ0) is 11.5. The molecule has 0 aliphatic rings. The molecule has 98 valence electrons. The van der Waals surface area contributed by atoms with Crippen LogP contribution in [-0.4, -0.2) is 9.97 Å². The van der Waals surface area contributed by atoms with Crippen molar-refractivity contribution >= 4 is 36.6 Å². The number of nitrogens with two attached hydrogens (primary N) is 3. The quantitative estimate of drug-likeness (QED) is 0.778. The van der Waals surface area contributed by atoms with Gasteiger partial charge in [0.25, 0.3) is 0 Å². The lowest BCUT2D eigenvalue weighted by Gasteiger charge is -2.05. The van der Waals surface area contributed by atoms with E-state index in [4.69, 9.17) is 17.2 Å². The van der Waals surface area contributed by atoms with E-state index in [0.717, 1.165) is 16.7 Å². The van der Waals surface area contributed by atoms with Crippen molar-refractivity contribution in [3.05, 3.63) is 36.0 Å². The van der Waals surface area contributed by atoms with Crippen LogP contribution in [0.15, 0.2) is 30.5 Å². The van der Waals surface area contributed by atoms with Crippen molar-refractivity contribution in [2.75, 3.05) is 11.5 Å². The first kappa shape index (κ1) is 16.4. The monoisotopic (exact) mass is 287 g/mol. The molecular formula is C11H15Cl2N5. The second kappa shape index (κ2) is 7.00. The summed E-state index contributed by atoms with van der Waals surface area (Å²) >= 11 is 0. The molecule has 5 nitrogen and oxygen atoms in total. The Bertz CT molecular complexity index is 501. The predicted octanol–water partition coefficient (Wildman–Crippen LogP) is 1.61. The number of rotatable bonds is 2. The Hall–Kier alpha value is -1.56. The fourth-order valence-electron chi connectivity index (χ4n) is 1.45. The van der Waals surface area contributed by atoms with E-state index in [1.807, 2.05) is 24.3 Å². The maximum Gasteiger partial charge on any atom is 0.221 e. The van der Waals surface area contributed by atoms with Gasteiger partial charge in [0.05, 0.1) is 0 Å². The Morgan fingerprint density at radius 2 is 1.61 bits per heavy atom. The van der Waals surface area contributed by atoms with Gasteiger partial charge in [-0.15, -0.1) is 24.8 Å². The van der Waals surface area contributed by atoms with E-state index < -0.39 is 0 Å². The third kappa shape index (κ3) is 3.46. The molecule has 0 spiro atoms. The molecule has 2 rings (SSSR count). The molecule has 0 bridgehead atoms. The van der Waals surface area contributed by atoms with Crippen molar-refractivity contribution in [2.24, 2.45) is 5.73 Å². The lowest BCUT2D eigenvalue weighted by atomic mass is 10.1. The van der Waals surface area contributed by atoms with Gasteiger partial charge in [0.1, 0.15) is 5.82 Å². The number of nitrogens with zero attached hydrogens (tertiary/aromatic N) is 2. The largest absolute Gasteiger partial charge is 0.383 e. The number of aromatic nitrogens is 2. The summed E-state index contributed by atoms with van der Waals surface area (Å²) < 4.78 is 0. The topological polar surface area (TPSA) is 104 Å². The molecule has 0 radical (unpaired) electrons. The molecule has 6 N–H and O–H groups in total.